The molecule has 0 aliphatic carbocycles. The molecule has 142 valence electrons. The zero-order chi connectivity index (χ0) is 18.7. The van der Waals surface area contributed by atoms with Crippen LogP contribution in [0.25, 0.3) is 10.9 Å². The molecule has 0 radical (unpaired) electrons. The summed E-state index contributed by atoms with van der Waals surface area (Å²) in [7, 11) is -1.24. The van der Waals surface area contributed by atoms with Crippen molar-refractivity contribution in [2.75, 3.05) is 44.1 Å². The van der Waals surface area contributed by atoms with Crippen LogP contribution in [0.15, 0.2) is 24.4 Å². The first-order chi connectivity index (χ1) is 12.4. The summed E-state index contributed by atoms with van der Waals surface area (Å²) in [6.45, 7) is 4.52. The summed E-state index contributed by atoms with van der Waals surface area (Å²) >= 11 is 0. The van der Waals surface area contributed by atoms with Crippen LogP contribution >= 0.6 is 0 Å². The predicted octanol–water partition coefficient (Wildman–Crippen LogP) is 2.47. The van der Waals surface area contributed by atoms with Gasteiger partial charge < -0.3 is 15.0 Å². The number of aryl methyl sites for hydroxylation is 1. The number of aromatic nitrogens is 1. The maximum atomic E-state index is 11.3. The Bertz CT molecular complexity index is 875. The lowest BCUT2D eigenvalue weighted by Gasteiger charge is -2.33. The fourth-order valence-corrected chi connectivity index (χ4v) is 4.04. The number of fused-ring (bicyclic) bond motifs is 1. The number of benzene rings is 1. The van der Waals surface area contributed by atoms with Crippen molar-refractivity contribution >= 4 is 26.4 Å². The van der Waals surface area contributed by atoms with Gasteiger partial charge in [-0.1, -0.05) is 12.1 Å². The summed E-state index contributed by atoms with van der Waals surface area (Å²) in [5, 5.41) is 4.77. The van der Waals surface area contributed by atoms with Gasteiger partial charge in [-0.15, -0.1) is 0 Å². The van der Waals surface area contributed by atoms with Crippen LogP contribution in [0, 0.1) is 6.92 Å². The fraction of sp³-hybridized carbons (Fsp3) is 0.526. The first-order valence-electron chi connectivity index (χ1n) is 8.96. The van der Waals surface area contributed by atoms with Crippen molar-refractivity contribution in [3.63, 3.8) is 0 Å². The van der Waals surface area contributed by atoms with Crippen LogP contribution in [0.4, 0.5) is 5.69 Å². The number of piperidine rings is 1. The molecule has 2 aromatic rings. The second-order valence-electron chi connectivity index (χ2n) is 7.06. The van der Waals surface area contributed by atoms with Crippen LogP contribution in [0.1, 0.15) is 18.4 Å². The average Bonchev–Trinajstić information content (AvgIpc) is 2.62. The van der Waals surface area contributed by atoms with E-state index in [1.165, 1.54) is 6.26 Å². The number of para-hydroxylation sites is 1. The van der Waals surface area contributed by atoms with E-state index in [-0.39, 0.29) is 5.75 Å². The summed E-state index contributed by atoms with van der Waals surface area (Å²) in [6, 6.07) is 6.36. The van der Waals surface area contributed by atoms with Crippen LogP contribution < -0.4 is 10.1 Å². The number of hydrogen-bond donors (Lipinski definition) is 1. The Morgan fingerprint density at radius 1 is 1.31 bits per heavy atom. The number of sulfone groups is 1. The molecule has 3 rings (SSSR count). The molecular formula is C19H27N3O3S. The van der Waals surface area contributed by atoms with Gasteiger partial charge in [0, 0.05) is 49.2 Å². The summed E-state index contributed by atoms with van der Waals surface area (Å²) in [5.74, 6) is 1.01. The number of rotatable bonds is 6. The standard InChI is InChI=1S/C19H27N3O3S/c1-14-13-20-19-16(5-4-6-17(19)25-2)18(14)21-15-7-9-22(10-8-15)11-12-26(3,23)24/h4-6,13,15H,7-12H2,1-3H3,(H,20,21). The second kappa shape index (κ2) is 7.80. The summed E-state index contributed by atoms with van der Waals surface area (Å²) in [6.07, 6.45) is 5.18. The number of nitrogens with zero attached hydrogens (tertiary/aromatic N) is 2. The highest BCUT2D eigenvalue weighted by Crippen LogP contribution is 2.32. The van der Waals surface area contributed by atoms with E-state index in [9.17, 15) is 8.42 Å². The zero-order valence-corrected chi connectivity index (χ0v) is 16.5. The minimum atomic E-state index is -2.90. The molecule has 0 unspecified atom stereocenters. The van der Waals surface area contributed by atoms with Crippen molar-refractivity contribution in [3.8, 4) is 5.75 Å². The molecule has 1 fully saturated rings. The SMILES string of the molecule is COc1cccc2c(NC3CCN(CCS(C)(=O)=O)CC3)c(C)cnc12. The Morgan fingerprint density at radius 2 is 2.04 bits per heavy atom. The maximum absolute atomic E-state index is 11.3. The van der Waals surface area contributed by atoms with E-state index in [0.717, 1.165) is 53.8 Å². The summed E-state index contributed by atoms with van der Waals surface area (Å²) < 4.78 is 28.1. The van der Waals surface area contributed by atoms with E-state index in [0.29, 0.717) is 12.6 Å². The Kier molecular flexibility index (Phi) is 5.67. The molecule has 1 N–H and O–H groups in total. The maximum Gasteiger partial charge on any atom is 0.148 e. The zero-order valence-electron chi connectivity index (χ0n) is 15.7. The minimum Gasteiger partial charge on any atom is -0.494 e. The van der Waals surface area contributed by atoms with E-state index in [1.54, 1.807) is 7.11 Å². The number of hydrogen-bond acceptors (Lipinski definition) is 6. The molecule has 1 aromatic heterocycles. The van der Waals surface area contributed by atoms with E-state index in [2.05, 4.69) is 28.2 Å². The summed E-state index contributed by atoms with van der Waals surface area (Å²) in [5.41, 5.74) is 3.10. The molecule has 7 heteroatoms. The monoisotopic (exact) mass is 377 g/mol. The van der Waals surface area contributed by atoms with Crippen molar-refractivity contribution in [1.82, 2.24) is 9.88 Å². The van der Waals surface area contributed by atoms with Crippen LogP contribution in [-0.2, 0) is 9.84 Å². The van der Waals surface area contributed by atoms with Gasteiger partial charge in [0.05, 0.1) is 12.9 Å². The molecule has 1 aliphatic heterocycles. The normalized spacial score (nSPS) is 16.7. The minimum absolute atomic E-state index is 0.235. The van der Waals surface area contributed by atoms with Crippen molar-refractivity contribution in [2.24, 2.45) is 0 Å². The van der Waals surface area contributed by atoms with Gasteiger partial charge in [-0.05, 0) is 31.4 Å². The van der Waals surface area contributed by atoms with Gasteiger partial charge in [-0.3, -0.25) is 4.98 Å². The third-order valence-electron chi connectivity index (χ3n) is 4.98. The molecular weight excluding hydrogens is 350 g/mol. The van der Waals surface area contributed by atoms with Gasteiger partial charge in [0.25, 0.3) is 0 Å². The van der Waals surface area contributed by atoms with Crippen LogP contribution in [-0.4, -0.2) is 63.1 Å². The first-order valence-corrected chi connectivity index (χ1v) is 11.0. The molecule has 0 saturated carbocycles. The Balaban J connectivity index is 1.70. The molecule has 2 heterocycles. The molecule has 1 aliphatic rings. The van der Waals surface area contributed by atoms with Gasteiger partial charge in [-0.2, -0.15) is 0 Å². The van der Waals surface area contributed by atoms with Crippen molar-refractivity contribution < 1.29 is 13.2 Å². The quantitative estimate of drug-likeness (QED) is 0.834. The van der Waals surface area contributed by atoms with E-state index >= 15 is 0 Å². The van der Waals surface area contributed by atoms with Crippen LogP contribution in [0.3, 0.4) is 0 Å². The van der Waals surface area contributed by atoms with Gasteiger partial charge >= 0.3 is 0 Å². The van der Waals surface area contributed by atoms with E-state index < -0.39 is 9.84 Å². The highest BCUT2D eigenvalue weighted by molar-refractivity contribution is 7.90. The molecule has 0 amide bonds. The lowest BCUT2D eigenvalue weighted by atomic mass is 10.0. The number of likely N-dealkylation sites (tertiary alicyclic amines) is 1. The molecule has 26 heavy (non-hydrogen) atoms. The number of ether oxygens (including phenoxy) is 1. The topological polar surface area (TPSA) is 71.5 Å². The Morgan fingerprint density at radius 3 is 2.69 bits per heavy atom. The second-order valence-corrected chi connectivity index (χ2v) is 9.32. The molecule has 6 nitrogen and oxygen atoms in total. The third-order valence-corrected chi connectivity index (χ3v) is 5.91. The number of methoxy groups -OCH3 is 1. The number of pyridine rings is 1. The third kappa shape index (κ3) is 4.45. The smallest absolute Gasteiger partial charge is 0.148 e. The van der Waals surface area contributed by atoms with Crippen molar-refractivity contribution in [1.29, 1.82) is 0 Å². The molecule has 0 atom stereocenters. The largest absolute Gasteiger partial charge is 0.494 e. The van der Waals surface area contributed by atoms with Crippen LogP contribution in [0.5, 0.6) is 5.75 Å². The Labute approximate surface area is 155 Å². The summed E-state index contributed by atoms with van der Waals surface area (Å²) in [4.78, 5) is 6.77. The highest BCUT2D eigenvalue weighted by atomic mass is 32.2. The molecule has 1 saturated heterocycles. The van der Waals surface area contributed by atoms with Gasteiger partial charge in [0.2, 0.25) is 0 Å². The molecule has 1 aromatic carbocycles. The lowest BCUT2D eigenvalue weighted by Crippen LogP contribution is -2.41. The van der Waals surface area contributed by atoms with Gasteiger partial charge in [0.1, 0.15) is 21.1 Å². The lowest BCUT2D eigenvalue weighted by molar-refractivity contribution is 0.230. The Hall–Kier alpha value is -1.86. The van der Waals surface area contributed by atoms with E-state index in [4.69, 9.17) is 4.74 Å². The van der Waals surface area contributed by atoms with E-state index in [1.807, 2.05) is 18.3 Å². The molecule has 0 bridgehead atoms. The average molecular weight is 378 g/mol. The van der Waals surface area contributed by atoms with Crippen LogP contribution in [0.2, 0.25) is 0 Å². The first kappa shape index (κ1) is 18.9. The van der Waals surface area contributed by atoms with Gasteiger partial charge in [-0.25, -0.2) is 8.42 Å². The number of nitrogens with one attached hydrogen (secondary N) is 1. The highest BCUT2D eigenvalue weighted by Gasteiger charge is 2.21. The predicted molar refractivity (Wildman–Crippen MR) is 106 cm³/mol. The fourth-order valence-electron chi connectivity index (χ4n) is 3.45. The van der Waals surface area contributed by atoms with Crippen molar-refractivity contribution in [2.45, 2.75) is 25.8 Å². The van der Waals surface area contributed by atoms with Crippen molar-refractivity contribution in [3.05, 3.63) is 30.0 Å². The molecule has 0 spiro atoms. The van der Waals surface area contributed by atoms with Gasteiger partial charge in [0.15, 0.2) is 0 Å². The number of anilines is 1.